The minimum Gasteiger partial charge on any atom is -0.472 e. The zero-order valence-corrected chi connectivity index (χ0v) is 21.2. The van der Waals surface area contributed by atoms with E-state index in [2.05, 4.69) is 16.8 Å². The number of carbonyl (C=O) groups is 1. The topological polar surface area (TPSA) is 69.1 Å². The van der Waals surface area contributed by atoms with Gasteiger partial charge in [-0.05, 0) is 40.2 Å². The maximum Gasteiger partial charge on any atom is 0.259 e. The number of pyridine rings is 1. The van der Waals surface area contributed by atoms with Gasteiger partial charge in [0.25, 0.3) is 5.91 Å². The third-order valence-electron chi connectivity index (χ3n) is 6.04. The Morgan fingerprint density at radius 3 is 2.74 bits per heavy atom. The van der Waals surface area contributed by atoms with Crippen molar-refractivity contribution in [1.29, 1.82) is 0 Å². The van der Waals surface area contributed by atoms with Crippen LogP contribution in [0.1, 0.15) is 35.3 Å². The molecule has 1 amide bonds. The maximum atomic E-state index is 14.2. The zero-order chi connectivity index (χ0) is 25.5. The SMILES string of the molecule is C[C@H](CO)N1C[C@H](C)[C@H](CN(C)Cc2ccccc2F)Oc2ncc(C#CCN(C)C)cc2C1=O. The number of amides is 1. The van der Waals surface area contributed by atoms with E-state index in [0.29, 0.717) is 42.9 Å². The molecule has 0 spiro atoms. The second-order valence-corrected chi connectivity index (χ2v) is 9.53. The van der Waals surface area contributed by atoms with Crippen LogP contribution in [0.15, 0.2) is 36.5 Å². The van der Waals surface area contributed by atoms with Crippen LogP contribution in [0.25, 0.3) is 0 Å². The molecule has 1 aromatic carbocycles. The van der Waals surface area contributed by atoms with E-state index in [9.17, 15) is 14.3 Å². The predicted octanol–water partition coefficient (Wildman–Crippen LogP) is 2.49. The summed E-state index contributed by atoms with van der Waals surface area (Å²) in [6.07, 6.45) is 1.31. The molecule has 0 saturated carbocycles. The van der Waals surface area contributed by atoms with E-state index in [4.69, 9.17) is 4.74 Å². The van der Waals surface area contributed by atoms with Gasteiger partial charge in [-0.15, -0.1) is 0 Å². The van der Waals surface area contributed by atoms with E-state index in [1.807, 2.05) is 50.9 Å². The van der Waals surface area contributed by atoms with Gasteiger partial charge in [-0.1, -0.05) is 37.0 Å². The highest BCUT2D eigenvalue weighted by molar-refractivity contribution is 5.97. The summed E-state index contributed by atoms with van der Waals surface area (Å²) in [5.41, 5.74) is 1.57. The number of hydrogen-bond donors (Lipinski definition) is 1. The van der Waals surface area contributed by atoms with E-state index in [0.717, 1.165) is 0 Å². The summed E-state index contributed by atoms with van der Waals surface area (Å²) in [7, 11) is 5.78. The summed E-state index contributed by atoms with van der Waals surface area (Å²) < 4.78 is 20.5. The monoisotopic (exact) mass is 482 g/mol. The molecule has 7 nitrogen and oxygen atoms in total. The minimum absolute atomic E-state index is 0.0504. The molecule has 1 aromatic heterocycles. The van der Waals surface area contributed by atoms with Gasteiger partial charge < -0.3 is 14.7 Å². The third kappa shape index (κ3) is 7.01. The molecule has 35 heavy (non-hydrogen) atoms. The largest absolute Gasteiger partial charge is 0.472 e. The molecule has 0 saturated heterocycles. The number of nitrogens with zero attached hydrogens (tertiary/aromatic N) is 4. The first kappa shape index (κ1) is 26.6. The highest BCUT2D eigenvalue weighted by Crippen LogP contribution is 2.27. The lowest BCUT2D eigenvalue weighted by atomic mass is 9.99. The van der Waals surface area contributed by atoms with Crippen molar-refractivity contribution in [3.63, 3.8) is 0 Å². The normalized spacial score (nSPS) is 18.9. The number of rotatable bonds is 7. The molecule has 2 aromatic rings. The van der Waals surface area contributed by atoms with E-state index >= 15 is 0 Å². The highest BCUT2D eigenvalue weighted by Gasteiger charge is 2.34. The van der Waals surface area contributed by atoms with Crippen LogP contribution in [-0.2, 0) is 6.54 Å². The number of hydrogen-bond acceptors (Lipinski definition) is 6. The highest BCUT2D eigenvalue weighted by atomic mass is 19.1. The Balaban J connectivity index is 1.90. The van der Waals surface area contributed by atoms with E-state index in [-0.39, 0.29) is 42.3 Å². The number of carbonyl (C=O) groups excluding carboxylic acids is 1. The number of likely N-dealkylation sites (N-methyl/N-ethyl adjacent to an activating group) is 1. The molecule has 3 atom stereocenters. The molecule has 0 fully saturated rings. The van der Waals surface area contributed by atoms with Crippen molar-refractivity contribution in [2.45, 2.75) is 32.5 Å². The first-order chi connectivity index (χ1) is 16.7. The van der Waals surface area contributed by atoms with Gasteiger partial charge in [0, 0.05) is 42.9 Å². The quantitative estimate of drug-likeness (QED) is 0.612. The van der Waals surface area contributed by atoms with Crippen LogP contribution in [0, 0.1) is 23.6 Å². The Morgan fingerprint density at radius 1 is 1.31 bits per heavy atom. The molecule has 3 rings (SSSR count). The Morgan fingerprint density at radius 2 is 2.06 bits per heavy atom. The molecule has 1 N–H and O–H groups in total. The molecule has 188 valence electrons. The van der Waals surface area contributed by atoms with Crippen LogP contribution < -0.4 is 4.74 Å². The van der Waals surface area contributed by atoms with Crippen LogP contribution >= 0.6 is 0 Å². The first-order valence-corrected chi connectivity index (χ1v) is 11.8. The second kappa shape index (κ2) is 12.1. The van der Waals surface area contributed by atoms with Crippen LogP contribution in [0.5, 0.6) is 5.88 Å². The summed E-state index contributed by atoms with van der Waals surface area (Å²) in [6, 6.07) is 8.07. The summed E-state index contributed by atoms with van der Waals surface area (Å²) in [4.78, 5) is 23.5. The molecule has 1 aliphatic rings. The van der Waals surface area contributed by atoms with Gasteiger partial charge in [0.05, 0.1) is 19.2 Å². The van der Waals surface area contributed by atoms with Crippen molar-refractivity contribution in [2.75, 3.05) is 47.4 Å². The lowest BCUT2D eigenvalue weighted by molar-refractivity contribution is 0.0324. The smallest absolute Gasteiger partial charge is 0.259 e. The van der Waals surface area contributed by atoms with Crippen LogP contribution in [0.3, 0.4) is 0 Å². The Kier molecular flexibility index (Phi) is 9.21. The first-order valence-electron chi connectivity index (χ1n) is 11.8. The van der Waals surface area contributed by atoms with Gasteiger partial charge in [0.1, 0.15) is 17.5 Å². The molecule has 2 heterocycles. The number of halogens is 1. The van der Waals surface area contributed by atoms with Crippen LogP contribution in [0.2, 0.25) is 0 Å². The second-order valence-electron chi connectivity index (χ2n) is 9.53. The fourth-order valence-electron chi connectivity index (χ4n) is 3.98. The number of ether oxygens (including phenoxy) is 1. The minimum atomic E-state index is -0.365. The van der Waals surface area contributed by atoms with Crippen molar-refractivity contribution < 1.29 is 19.0 Å². The van der Waals surface area contributed by atoms with Gasteiger partial charge in [-0.2, -0.15) is 0 Å². The summed E-state index contributed by atoms with van der Waals surface area (Å²) in [5, 5.41) is 9.81. The summed E-state index contributed by atoms with van der Waals surface area (Å²) in [5.74, 6) is 5.83. The zero-order valence-electron chi connectivity index (χ0n) is 21.2. The Bertz CT molecular complexity index is 1080. The van der Waals surface area contributed by atoms with Crippen molar-refractivity contribution in [1.82, 2.24) is 19.7 Å². The lowest BCUT2D eigenvalue weighted by Crippen LogP contribution is -2.49. The fourth-order valence-corrected chi connectivity index (χ4v) is 3.98. The van der Waals surface area contributed by atoms with Gasteiger partial charge in [0.15, 0.2) is 0 Å². The van der Waals surface area contributed by atoms with E-state index in [1.54, 1.807) is 29.3 Å². The average Bonchev–Trinajstić information content (AvgIpc) is 2.82. The van der Waals surface area contributed by atoms with Gasteiger partial charge in [0.2, 0.25) is 5.88 Å². The van der Waals surface area contributed by atoms with Gasteiger partial charge in [-0.25, -0.2) is 9.37 Å². The summed E-state index contributed by atoms with van der Waals surface area (Å²) in [6.45, 7) is 5.62. The Labute approximate surface area is 207 Å². The third-order valence-corrected chi connectivity index (χ3v) is 6.04. The van der Waals surface area contributed by atoms with Crippen molar-refractivity contribution >= 4 is 5.91 Å². The van der Waals surface area contributed by atoms with Crippen LogP contribution in [0.4, 0.5) is 4.39 Å². The molecule has 1 aliphatic heterocycles. The van der Waals surface area contributed by atoms with Gasteiger partial charge >= 0.3 is 0 Å². The van der Waals surface area contributed by atoms with E-state index < -0.39 is 0 Å². The predicted molar refractivity (Wildman–Crippen MR) is 134 cm³/mol. The number of aliphatic hydroxyl groups is 1. The average molecular weight is 483 g/mol. The number of aromatic nitrogens is 1. The Hall–Kier alpha value is -2.99. The van der Waals surface area contributed by atoms with Gasteiger partial charge in [-0.3, -0.25) is 14.6 Å². The number of aliphatic hydroxyl groups excluding tert-OH is 1. The molecular weight excluding hydrogens is 447 g/mol. The molecule has 0 aliphatic carbocycles. The molecule has 0 unspecified atom stereocenters. The number of fused-ring (bicyclic) bond motifs is 1. The molecular formula is C27H35FN4O3. The van der Waals surface area contributed by atoms with Crippen LogP contribution in [-0.4, -0.2) is 90.2 Å². The summed E-state index contributed by atoms with van der Waals surface area (Å²) >= 11 is 0. The fraction of sp³-hybridized carbons (Fsp3) is 0.481. The molecule has 0 bridgehead atoms. The maximum absolute atomic E-state index is 14.2. The van der Waals surface area contributed by atoms with Crippen molar-refractivity contribution in [3.05, 3.63) is 59.0 Å². The standard InChI is InChI=1S/C27H35FN4O3/c1-19-15-32(20(2)18-33)27(34)23-13-21(9-8-12-30(3)4)14-29-26(23)35-25(19)17-31(5)16-22-10-6-7-11-24(22)28/h6-7,10-11,13-14,19-20,25,33H,12,15-18H2,1-5H3/t19-,20+,25-/m0/s1. The molecule has 8 heteroatoms. The van der Waals surface area contributed by atoms with E-state index in [1.165, 1.54) is 6.07 Å². The lowest BCUT2D eigenvalue weighted by Gasteiger charge is -2.37. The number of benzene rings is 1. The van der Waals surface area contributed by atoms with Crippen molar-refractivity contribution in [3.8, 4) is 17.7 Å². The molecule has 0 radical (unpaired) electrons. The van der Waals surface area contributed by atoms with Crippen molar-refractivity contribution in [2.24, 2.45) is 5.92 Å².